The van der Waals surface area contributed by atoms with Crippen molar-refractivity contribution < 1.29 is 9.84 Å². The molecule has 2 nitrogen and oxygen atoms in total. The predicted molar refractivity (Wildman–Crippen MR) is 51.5 cm³/mol. The average Bonchev–Trinajstić information content (AvgIpc) is 2.87. The SMILES string of the molecule is CC1(C)C(O)CC1OCCC1CC1. The molecule has 0 aromatic rings. The van der Waals surface area contributed by atoms with Crippen LogP contribution in [0.1, 0.15) is 39.5 Å². The van der Waals surface area contributed by atoms with Crippen molar-refractivity contribution in [3.05, 3.63) is 0 Å². The first kappa shape index (κ1) is 9.47. The van der Waals surface area contributed by atoms with Gasteiger partial charge in [-0.3, -0.25) is 0 Å². The number of aliphatic hydroxyl groups excluding tert-OH is 1. The van der Waals surface area contributed by atoms with Crippen LogP contribution in [-0.2, 0) is 4.74 Å². The second-order valence-electron chi connectivity index (χ2n) is 5.16. The highest BCUT2D eigenvalue weighted by Gasteiger charge is 2.48. The van der Waals surface area contributed by atoms with Gasteiger partial charge in [0.15, 0.2) is 0 Å². The average molecular weight is 184 g/mol. The van der Waals surface area contributed by atoms with E-state index >= 15 is 0 Å². The zero-order valence-electron chi connectivity index (χ0n) is 8.62. The molecular formula is C11H20O2. The second-order valence-corrected chi connectivity index (χ2v) is 5.16. The van der Waals surface area contributed by atoms with Crippen molar-refractivity contribution in [2.24, 2.45) is 11.3 Å². The Balaban J connectivity index is 1.64. The van der Waals surface area contributed by atoms with Gasteiger partial charge >= 0.3 is 0 Å². The van der Waals surface area contributed by atoms with Gasteiger partial charge in [-0.1, -0.05) is 26.7 Å². The molecular weight excluding hydrogens is 164 g/mol. The lowest BCUT2D eigenvalue weighted by Gasteiger charge is -2.48. The van der Waals surface area contributed by atoms with Crippen molar-refractivity contribution in [1.82, 2.24) is 0 Å². The summed E-state index contributed by atoms with van der Waals surface area (Å²) in [4.78, 5) is 0. The van der Waals surface area contributed by atoms with E-state index < -0.39 is 0 Å². The lowest BCUT2D eigenvalue weighted by atomic mass is 9.66. The van der Waals surface area contributed by atoms with Crippen LogP contribution in [0.5, 0.6) is 0 Å². The molecule has 0 aliphatic heterocycles. The first-order valence-electron chi connectivity index (χ1n) is 5.40. The zero-order chi connectivity index (χ0) is 9.47. The van der Waals surface area contributed by atoms with E-state index in [1.807, 2.05) is 0 Å². The van der Waals surface area contributed by atoms with Gasteiger partial charge in [-0.05, 0) is 12.3 Å². The van der Waals surface area contributed by atoms with Crippen molar-refractivity contribution in [2.75, 3.05) is 6.61 Å². The molecule has 2 atom stereocenters. The Morgan fingerprint density at radius 2 is 2.08 bits per heavy atom. The van der Waals surface area contributed by atoms with Crippen LogP contribution in [0.4, 0.5) is 0 Å². The fourth-order valence-corrected chi connectivity index (χ4v) is 1.93. The van der Waals surface area contributed by atoms with Gasteiger partial charge < -0.3 is 9.84 Å². The maximum atomic E-state index is 9.49. The quantitative estimate of drug-likeness (QED) is 0.723. The highest BCUT2D eigenvalue weighted by Crippen LogP contribution is 2.43. The van der Waals surface area contributed by atoms with Gasteiger partial charge in [-0.25, -0.2) is 0 Å². The predicted octanol–water partition coefficient (Wildman–Crippen LogP) is 1.96. The van der Waals surface area contributed by atoms with E-state index in [1.54, 1.807) is 0 Å². The van der Waals surface area contributed by atoms with E-state index in [9.17, 15) is 5.11 Å². The van der Waals surface area contributed by atoms with E-state index in [2.05, 4.69) is 13.8 Å². The minimum Gasteiger partial charge on any atom is -0.392 e. The highest BCUT2D eigenvalue weighted by molar-refractivity contribution is 4.98. The van der Waals surface area contributed by atoms with Crippen molar-refractivity contribution in [2.45, 2.75) is 51.7 Å². The zero-order valence-corrected chi connectivity index (χ0v) is 8.62. The van der Waals surface area contributed by atoms with Crippen LogP contribution in [0.25, 0.3) is 0 Å². The summed E-state index contributed by atoms with van der Waals surface area (Å²) in [6.45, 7) is 5.07. The third kappa shape index (κ3) is 1.89. The summed E-state index contributed by atoms with van der Waals surface area (Å²) in [6.07, 6.45) is 5.00. The molecule has 0 radical (unpaired) electrons. The minimum absolute atomic E-state index is 0.0104. The molecule has 76 valence electrons. The summed E-state index contributed by atoms with van der Waals surface area (Å²) in [5, 5.41) is 9.49. The Kier molecular flexibility index (Phi) is 2.37. The van der Waals surface area contributed by atoms with E-state index in [0.29, 0.717) is 6.10 Å². The standard InChI is InChI=1S/C11H20O2/c1-11(2)9(12)7-10(11)13-6-5-8-3-4-8/h8-10,12H,3-7H2,1-2H3. The molecule has 2 aliphatic rings. The summed E-state index contributed by atoms with van der Waals surface area (Å²) in [5.74, 6) is 0.952. The molecule has 2 saturated carbocycles. The molecule has 2 heteroatoms. The van der Waals surface area contributed by atoms with Crippen molar-refractivity contribution in [3.63, 3.8) is 0 Å². The summed E-state index contributed by atoms with van der Waals surface area (Å²) in [6, 6.07) is 0. The third-order valence-electron chi connectivity index (χ3n) is 3.67. The molecule has 0 aromatic heterocycles. The van der Waals surface area contributed by atoms with Gasteiger partial charge in [0.05, 0.1) is 12.2 Å². The lowest BCUT2D eigenvalue weighted by molar-refractivity contribution is -0.175. The van der Waals surface area contributed by atoms with Crippen LogP contribution in [-0.4, -0.2) is 23.9 Å². The lowest BCUT2D eigenvalue weighted by Crippen LogP contribution is -2.54. The third-order valence-corrected chi connectivity index (χ3v) is 3.67. The van der Waals surface area contributed by atoms with Crippen LogP contribution >= 0.6 is 0 Å². The molecule has 13 heavy (non-hydrogen) atoms. The summed E-state index contributed by atoms with van der Waals surface area (Å²) in [7, 11) is 0. The van der Waals surface area contributed by atoms with Crippen LogP contribution in [0.3, 0.4) is 0 Å². The fourth-order valence-electron chi connectivity index (χ4n) is 1.93. The normalized spacial score (nSPS) is 37.2. The second kappa shape index (κ2) is 3.25. The Bertz CT molecular complexity index is 185. The summed E-state index contributed by atoms with van der Waals surface area (Å²) in [5.41, 5.74) is -0.0104. The smallest absolute Gasteiger partial charge is 0.0675 e. The van der Waals surface area contributed by atoms with E-state index in [-0.39, 0.29) is 11.5 Å². The van der Waals surface area contributed by atoms with Gasteiger partial charge in [0.1, 0.15) is 0 Å². The molecule has 1 N–H and O–H groups in total. The molecule has 0 heterocycles. The fraction of sp³-hybridized carbons (Fsp3) is 1.00. The number of hydrogen-bond acceptors (Lipinski definition) is 2. The molecule has 0 saturated heterocycles. The van der Waals surface area contributed by atoms with Crippen molar-refractivity contribution in [3.8, 4) is 0 Å². The van der Waals surface area contributed by atoms with Gasteiger partial charge in [-0.2, -0.15) is 0 Å². The Morgan fingerprint density at radius 3 is 2.54 bits per heavy atom. The van der Waals surface area contributed by atoms with E-state index in [4.69, 9.17) is 4.74 Å². The molecule has 0 bridgehead atoms. The van der Waals surface area contributed by atoms with Gasteiger partial charge in [-0.15, -0.1) is 0 Å². The number of aliphatic hydroxyl groups is 1. The number of hydrogen-bond donors (Lipinski definition) is 1. The summed E-state index contributed by atoms with van der Waals surface area (Å²) >= 11 is 0. The number of ether oxygens (including phenoxy) is 1. The van der Waals surface area contributed by atoms with E-state index in [1.165, 1.54) is 19.3 Å². The molecule has 0 aromatic carbocycles. The molecule has 2 fully saturated rings. The van der Waals surface area contributed by atoms with Gasteiger partial charge in [0.2, 0.25) is 0 Å². The van der Waals surface area contributed by atoms with Crippen LogP contribution in [0.2, 0.25) is 0 Å². The molecule has 2 unspecified atom stereocenters. The molecule has 0 spiro atoms. The largest absolute Gasteiger partial charge is 0.392 e. The van der Waals surface area contributed by atoms with Crippen molar-refractivity contribution in [1.29, 1.82) is 0 Å². The first-order chi connectivity index (χ1) is 6.10. The molecule has 2 rings (SSSR count). The summed E-state index contributed by atoms with van der Waals surface area (Å²) < 4.78 is 5.75. The van der Waals surface area contributed by atoms with Crippen LogP contribution in [0, 0.1) is 11.3 Å². The Morgan fingerprint density at radius 1 is 1.38 bits per heavy atom. The topological polar surface area (TPSA) is 29.5 Å². The van der Waals surface area contributed by atoms with E-state index in [0.717, 1.165) is 18.9 Å². The van der Waals surface area contributed by atoms with Crippen LogP contribution in [0.15, 0.2) is 0 Å². The van der Waals surface area contributed by atoms with Crippen molar-refractivity contribution >= 4 is 0 Å². The molecule has 2 aliphatic carbocycles. The monoisotopic (exact) mass is 184 g/mol. The molecule has 0 amide bonds. The Hall–Kier alpha value is -0.0800. The first-order valence-corrected chi connectivity index (χ1v) is 5.40. The highest BCUT2D eigenvalue weighted by atomic mass is 16.5. The van der Waals surface area contributed by atoms with Crippen LogP contribution < -0.4 is 0 Å². The Labute approximate surface area is 80.3 Å². The maximum Gasteiger partial charge on any atom is 0.0675 e. The number of rotatable bonds is 4. The maximum absolute atomic E-state index is 9.49. The van der Waals surface area contributed by atoms with Gasteiger partial charge in [0.25, 0.3) is 0 Å². The van der Waals surface area contributed by atoms with Gasteiger partial charge in [0, 0.05) is 18.4 Å². The minimum atomic E-state index is -0.154.